The van der Waals surface area contributed by atoms with Gasteiger partial charge in [-0.2, -0.15) is 0 Å². The molecule has 2 heteroatoms. The summed E-state index contributed by atoms with van der Waals surface area (Å²) in [4.78, 5) is 0. The second-order valence-electron chi connectivity index (χ2n) is 13.9. The van der Waals surface area contributed by atoms with Crippen LogP contribution in [0.15, 0.2) is 72.8 Å². The van der Waals surface area contributed by atoms with E-state index in [2.05, 4.69) is 137 Å². The molecule has 3 aliphatic rings. The monoisotopic (exact) mass is 507 g/mol. The van der Waals surface area contributed by atoms with Gasteiger partial charge in [0.1, 0.15) is 0 Å². The Labute approximate surface area is 233 Å². The van der Waals surface area contributed by atoms with Gasteiger partial charge in [-0.1, -0.05) is 126 Å². The summed E-state index contributed by atoms with van der Waals surface area (Å²) in [6, 6.07) is 27.2. The molecule has 1 fully saturated rings. The van der Waals surface area contributed by atoms with Crippen LogP contribution in [0.25, 0.3) is 28.2 Å². The number of aromatic nitrogens is 1. The van der Waals surface area contributed by atoms with Gasteiger partial charge in [-0.15, -0.1) is 0 Å². The van der Waals surface area contributed by atoms with Crippen molar-refractivity contribution in [2.24, 2.45) is 16.7 Å². The van der Waals surface area contributed by atoms with Crippen molar-refractivity contribution in [2.45, 2.75) is 66.0 Å². The topological polar surface area (TPSA) is 4.93 Å². The van der Waals surface area contributed by atoms with Gasteiger partial charge >= 0.3 is 0 Å². The number of rotatable bonds is 2. The Bertz CT molecular complexity index is 1810. The summed E-state index contributed by atoms with van der Waals surface area (Å²) in [5.74, 6) is 7.50. The SMILES string of the molecule is CC1(C)c2cc(B3CC(C)(C)C(C)(C)C3)ccc2/C2=c3/c(n(-c4ccccc4)c4ccccc34)=C\CC#CC21. The van der Waals surface area contributed by atoms with Crippen LogP contribution < -0.4 is 16.0 Å². The lowest BCUT2D eigenvalue weighted by atomic mass is 9.42. The van der Waals surface area contributed by atoms with Gasteiger partial charge in [-0.3, -0.25) is 0 Å². The Hall–Kier alpha value is -3.44. The van der Waals surface area contributed by atoms with E-state index >= 15 is 0 Å². The highest BCUT2D eigenvalue weighted by atomic mass is 15.0. The van der Waals surface area contributed by atoms with Crippen LogP contribution in [0.1, 0.15) is 59.1 Å². The molecule has 1 atom stereocenters. The quantitative estimate of drug-likeness (QED) is 0.210. The summed E-state index contributed by atoms with van der Waals surface area (Å²) in [6.07, 6.45) is 5.62. The molecule has 1 saturated heterocycles. The lowest BCUT2D eigenvalue weighted by molar-refractivity contribution is 0.177. The highest BCUT2D eigenvalue weighted by molar-refractivity contribution is 6.74. The van der Waals surface area contributed by atoms with Gasteiger partial charge < -0.3 is 4.57 Å². The summed E-state index contributed by atoms with van der Waals surface area (Å²) in [7, 11) is 0. The molecule has 1 unspecified atom stereocenters. The fraction of sp³-hybridized carbons (Fsp3) is 0.351. The molecular weight excluding hydrogens is 469 g/mol. The number of hydrogen-bond donors (Lipinski definition) is 0. The second-order valence-corrected chi connectivity index (χ2v) is 13.9. The molecular formula is C37H38BN. The average molecular weight is 508 g/mol. The van der Waals surface area contributed by atoms with Crippen LogP contribution in [0, 0.1) is 28.6 Å². The van der Waals surface area contributed by atoms with Crippen molar-refractivity contribution in [3.05, 3.63) is 94.5 Å². The van der Waals surface area contributed by atoms with Crippen molar-refractivity contribution in [1.29, 1.82) is 0 Å². The summed E-state index contributed by atoms with van der Waals surface area (Å²) in [5, 5.41) is 3.97. The zero-order valence-corrected chi connectivity index (χ0v) is 24.2. The van der Waals surface area contributed by atoms with Crippen molar-refractivity contribution in [3.63, 3.8) is 0 Å². The first-order valence-corrected chi connectivity index (χ1v) is 14.6. The molecule has 7 rings (SSSR count). The predicted molar refractivity (Wildman–Crippen MR) is 167 cm³/mol. The van der Waals surface area contributed by atoms with E-state index in [-0.39, 0.29) is 11.3 Å². The van der Waals surface area contributed by atoms with E-state index in [1.807, 2.05) is 0 Å². The van der Waals surface area contributed by atoms with Crippen LogP contribution in [0.2, 0.25) is 12.6 Å². The average Bonchev–Trinajstić information content (AvgIpc) is 3.41. The zero-order valence-electron chi connectivity index (χ0n) is 24.2. The van der Waals surface area contributed by atoms with E-state index in [1.165, 1.54) is 62.0 Å². The normalized spacial score (nSPS) is 24.0. The van der Waals surface area contributed by atoms with Gasteiger partial charge in [-0.25, -0.2) is 0 Å². The smallest absolute Gasteiger partial charge is 0.176 e. The van der Waals surface area contributed by atoms with Crippen LogP contribution in [0.5, 0.6) is 0 Å². The van der Waals surface area contributed by atoms with Gasteiger partial charge in [-0.05, 0) is 51.8 Å². The molecule has 0 bridgehead atoms. The number of fused-ring (bicyclic) bond motifs is 6. The maximum atomic E-state index is 3.76. The zero-order chi connectivity index (χ0) is 27.2. The molecule has 3 aromatic carbocycles. The van der Waals surface area contributed by atoms with Gasteiger partial charge in [0.05, 0.1) is 16.8 Å². The Morgan fingerprint density at radius 2 is 1.51 bits per heavy atom. The van der Waals surface area contributed by atoms with E-state index in [0.717, 1.165) is 6.42 Å². The van der Waals surface area contributed by atoms with Crippen molar-refractivity contribution in [1.82, 2.24) is 4.57 Å². The first-order chi connectivity index (χ1) is 18.6. The van der Waals surface area contributed by atoms with E-state index in [0.29, 0.717) is 17.5 Å². The lowest BCUT2D eigenvalue weighted by Gasteiger charge is -2.35. The first-order valence-electron chi connectivity index (χ1n) is 14.6. The lowest BCUT2D eigenvalue weighted by Crippen LogP contribution is -2.34. The highest BCUT2D eigenvalue weighted by Gasteiger charge is 2.49. The van der Waals surface area contributed by atoms with Crippen LogP contribution in [0.3, 0.4) is 0 Å². The Kier molecular flexibility index (Phi) is 5.22. The molecule has 1 aromatic heterocycles. The van der Waals surface area contributed by atoms with Crippen molar-refractivity contribution in [2.75, 3.05) is 0 Å². The third kappa shape index (κ3) is 3.48. The maximum absolute atomic E-state index is 3.76. The summed E-state index contributed by atoms with van der Waals surface area (Å²) < 4.78 is 2.45. The van der Waals surface area contributed by atoms with Crippen LogP contribution >= 0.6 is 0 Å². The van der Waals surface area contributed by atoms with E-state index in [4.69, 9.17) is 0 Å². The van der Waals surface area contributed by atoms with Crippen LogP contribution in [0.4, 0.5) is 0 Å². The Morgan fingerprint density at radius 1 is 0.821 bits per heavy atom. The molecule has 2 aliphatic carbocycles. The standard InChI is InChI=1S/C37H38BN/c1-35(2)23-38(24-36(35,3)4)25-20-21-27-30(22-25)37(5,6)29-17-11-13-19-32-34(33(27)29)28-16-10-12-18-31(28)39(32)26-14-8-7-9-15-26/h7-10,12,14-16,18-22,29H,13,23-24H2,1-6H3/b32-19+,34-33-. The molecule has 1 nitrogen and oxygen atoms in total. The van der Waals surface area contributed by atoms with E-state index < -0.39 is 0 Å². The molecule has 0 radical (unpaired) electrons. The predicted octanol–water partition coefficient (Wildman–Crippen LogP) is 6.69. The third-order valence-electron chi connectivity index (χ3n) is 10.7. The Morgan fingerprint density at radius 3 is 2.26 bits per heavy atom. The minimum atomic E-state index is -0.0537. The second kappa shape index (κ2) is 8.28. The van der Waals surface area contributed by atoms with Crippen molar-refractivity contribution >= 4 is 34.7 Å². The van der Waals surface area contributed by atoms with Crippen molar-refractivity contribution < 1.29 is 0 Å². The number of nitrogens with zero attached hydrogens (tertiary/aromatic N) is 1. The van der Waals surface area contributed by atoms with Crippen LogP contribution in [-0.4, -0.2) is 11.3 Å². The first kappa shape index (κ1) is 24.6. The molecule has 194 valence electrons. The molecule has 0 spiro atoms. The van der Waals surface area contributed by atoms with Gasteiger partial charge in [0, 0.05) is 28.1 Å². The molecule has 0 amide bonds. The number of benzene rings is 3. The molecule has 39 heavy (non-hydrogen) atoms. The molecule has 0 N–H and O–H groups in total. The molecule has 0 saturated carbocycles. The van der Waals surface area contributed by atoms with Crippen molar-refractivity contribution in [3.8, 4) is 17.5 Å². The minimum Gasteiger partial charge on any atom is -0.310 e. The molecule has 4 aromatic rings. The highest BCUT2D eigenvalue weighted by Crippen LogP contribution is 2.53. The summed E-state index contributed by atoms with van der Waals surface area (Å²) in [6.45, 7) is 15.3. The van der Waals surface area contributed by atoms with Gasteiger partial charge in [0.25, 0.3) is 0 Å². The van der Waals surface area contributed by atoms with E-state index in [9.17, 15) is 0 Å². The fourth-order valence-electron chi connectivity index (χ4n) is 7.78. The van der Waals surface area contributed by atoms with E-state index in [1.54, 1.807) is 0 Å². The largest absolute Gasteiger partial charge is 0.310 e. The number of hydrogen-bond acceptors (Lipinski definition) is 0. The summed E-state index contributed by atoms with van der Waals surface area (Å²) in [5.41, 5.74) is 8.91. The Balaban J connectivity index is 1.53. The third-order valence-corrected chi connectivity index (χ3v) is 10.7. The fourth-order valence-corrected chi connectivity index (χ4v) is 7.78. The van der Waals surface area contributed by atoms with Gasteiger partial charge in [0.15, 0.2) is 6.71 Å². The number of para-hydroxylation sites is 2. The minimum absolute atomic E-state index is 0.0537. The van der Waals surface area contributed by atoms with Crippen LogP contribution in [-0.2, 0) is 5.41 Å². The molecule has 1 aliphatic heterocycles. The summed E-state index contributed by atoms with van der Waals surface area (Å²) >= 11 is 0. The maximum Gasteiger partial charge on any atom is 0.176 e. The van der Waals surface area contributed by atoms with Gasteiger partial charge in [0.2, 0.25) is 0 Å². The molecule has 2 heterocycles.